The van der Waals surface area contributed by atoms with Gasteiger partial charge in [0.15, 0.2) is 5.60 Å². The number of alkyl halides is 2. The van der Waals surface area contributed by atoms with Crippen LogP contribution in [0.15, 0.2) is 36.4 Å². The smallest absolute Gasteiger partial charge is 0.319 e. The molecule has 3 N–H and O–H groups in total. The maximum absolute atomic E-state index is 13.7. The first-order valence-corrected chi connectivity index (χ1v) is 9.40. The van der Waals surface area contributed by atoms with Gasteiger partial charge in [0.1, 0.15) is 24.9 Å². The van der Waals surface area contributed by atoms with E-state index in [4.69, 9.17) is 4.74 Å². The SMILES string of the molecule is O=C(Nc1cccc2c1C[C@@H](O)C2)N[C@@H]1CC(CF)(CF)Oc2ccc(F)cc21. The molecule has 0 spiro atoms. The fourth-order valence-electron chi connectivity index (χ4n) is 4.03. The Morgan fingerprint density at radius 3 is 2.76 bits per heavy atom. The van der Waals surface area contributed by atoms with Crippen LogP contribution >= 0.6 is 0 Å². The molecule has 0 radical (unpaired) electrons. The summed E-state index contributed by atoms with van der Waals surface area (Å²) < 4.78 is 46.3. The van der Waals surface area contributed by atoms with E-state index in [1.807, 2.05) is 6.07 Å². The zero-order valence-electron chi connectivity index (χ0n) is 15.6. The Hall–Kier alpha value is -2.74. The summed E-state index contributed by atoms with van der Waals surface area (Å²) in [4.78, 5) is 12.6. The van der Waals surface area contributed by atoms with Crippen molar-refractivity contribution in [2.75, 3.05) is 18.7 Å². The molecule has 2 atom stereocenters. The third kappa shape index (κ3) is 3.76. The van der Waals surface area contributed by atoms with Crippen LogP contribution in [-0.4, -0.2) is 36.2 Å². The highest BCUT2D eigenvalue weighted by Gasteiger charge is 2.42. The van der Waals surface area contributed by atoms with E-state index >= 15 is 0 Å². The van der Waals surface area contributed by atoms with E-state index in [2.05, 4.69) is 10.6 Å². The van der Waals surface area contributed by atoms with Crippen molar-refractivity contribution in [2.45, 2.75) is 37.0 Å². The highest BCUT2D eigenvalue weighted by atomic mass is 19.1. The third-order valence-electron chi connectivity index (χ3n) is 5.46. The molecule has 0 aromatic heterocycles. The summed E-state index contributed by atoms with van der Waals surface area (Å²) in [5.41, 5.74) is 0.982. The summed E-state index contributed by atoms with van der Waals surface area (Å²) in [6.45, 7) is -2.16. The van der Waals surface area contributed by atoms with Crippen molar-refractivity contribution in [3.63, 3.8) is 0 Å². The van der Waals surface area contributed by atoms with E-state index in [9.17, 15) is 23.1 Å². The molecule has 0 bridgehead atoms. The van der Waals surface area contributed by atoms with Crippen molar-refractivity contribution in [1.82, 2.24) is 5.32 Å². The number of aliphatic hydroxyl groups is 1. The maximum atomic E-state index is 13.7. The van der Waals surface area contributed by atoms with Gasteiger partial charge in [0.05, 0.1) is 12.1 Å². The van der Waals surface area contributed by atoms with E-state index in [0.29, 0.717) is 24.1 Å². The van der Waals surface area contributed by atoms with Gasteiger partial charge in [-0.3, -0.25) is 0 Å². The van der Waals surface area contributed by atoms with Crippen molar-refractivity contribution in [1.29, 1.82) is 0 Å². The average molecular weight is 406 g/mol. The minimum Gasteiger partial charge on any atom is -0.481 e. The van der Waals surface area contributed by atoms with E-state index in [1.54, 1.807) is 12.1 Å². The van der Waals surface area contributed by atoms with Crippen molar-refractivity contribution < 1.29 is 27.8 Å². The van der Waals surface area contributed by atoms with Gasteiger partial charge in [0.2, 0.25) is 0 Å². The van der Waals surface area contributed by atoms with Gasteiger partial charge in [-0.15, -0.1) is 0 Å². The number of hydrogen-bond acceptors (Lipinski definition) is 3. The number of carbonyl (C=O) groups is 1. The molecule has 8 heteroatoms. The molecular formula is C21H21F3N2O3. The monoisotopic (exact) mass is 406 g/mol. The van der Waals surface area contributed by atoms with E-state index < -0.39 is 42.9 Å². The first-order chi connectivity index (χ1) is 13.9. The Bertz CT molecular complexity index is 933. The molecule has 0 unspecified atom stereocenters. The number of aliphatic hydroxyl groups excluding tert-OH is 1. The number of benzene rings is 2. The fraction of sp³-hybridized carbons (Fsp3) is 0.381. The summed E-state index contributed by atoms with van der Waals surface area (Å²) in [5, 5.41) is 15.3. The maximum Gasteiger partial charge on any atom is 0.319 e. The minimum atomic E-state index is -1.72. The molecule has 2 aromatic rings. The number of ether oxygens (including phenoxy) is 1. The molecule has 29 heavy (non-hydrogen) atoms. The summed E-state index contributed by atoms with van der Waals surface area (Å²) in [5.74, 6) is -0.399. The zero-order valence-corrected chi connectivity index (χ0v) is 15.6. The van der Waals surface area contributed by atoms with Gasteiger partial charge in [-0.25, -0.2) is 18.0 Å². The third-order valence-corrected chi connectivity index (χ3v) is 5.46. The number of fused-ring (bicyclic) bond motifs is 2. The van der Waals surface area contributed by atoms with Gasteiger partial charge in [-0.2, -0.15) is 0 Å². The Labute approximate surface area is 165 Å². The van der Waals surface area contributed by atoms with Crippen LogP contribution in [0.4, 0.5) is 23.7 Å². The van der Waals surface area contributed by atoms with Gasteiger partial charge >= 0.3 is 6.03 Å². The summed E-state index contributed by atoms with van der Waals surface area (Å²) in [7, 11) is 0. The first-order valence-electron chi connectivity index (χ1n) is 9.40. The number of urea groups is 1. The minimum absolute atomic E-state index is 0.141. The molecule has 1 heterocycles. The quantitative estimate of drug-likeness (QED) is 0.727. The van der Waals surface area contributed by atoms with Crippen LogP contribution in [0.1, 0.15) is 29.2 Å². The lowest BCUT2D eigenvalue weighted by molar-refractivity contribution is -0.0106. The normalized spacial score (nSPS) is 21.7. The van der Waals surface area contributed by atoms with Crippen LogP contribution in [-0.2, 0) is 12.8 Å². The number of hydrogen-bond donors (Lipinski definition) is 3. The number of carbonyl (C=O) groups excluding carboxylic acids is 1. The number of nitrogens with one attached hydrogen (secondary N) is 2. The highest BCUT2D eigenvalue weighted by Crippen LogP contribution is 2.41. The molecule has 0 saturated heterocycles. The van der Waals surface area contributed by atoms with E-state index in [-0.39, 0.29) is 12.2 Å². The number of anilines is 1. The molecule has 154 valence electrons. The molecule has 0 saturated carbocycles. The predicted molar refractivity (Wildman–Crippen MR) is 101 cm³/mol. The lowest BCUT2D eigenvalue weighted by Crippen LogP contribution is -2.49. The van der Waals surface area contributed by atoms with Gasteiger partial charge in [0, 0.05) is 24.1 Å². The first kappa shape index (κ1) is 19.6. The molecule has 2 aromatic carbocycles. The Morgan fingerprint density at radius 1 is 1.21 bits per heavy atom. The second-order valence-corrected chi connectivity index (χ2v) is 7.59. The van der Waals surface area contributed by atoms with Crippen LogP contribution in [0.5, 0.6) is 5.75 Å². The molecule has 2 amide bonds. The largest absolute Gasteiger partial charge is 0.481 e. The lowest BCUT2D eigenvalue weighted by atomic mass is 9.88. The van der Waals surface area contributed by atoms with Crippen LogP contribution in [0.2, 0.25) is 0 Å². The van der Waals surface area contributed by atoms with Crippen LogP contribution < -0.4 is 15.4 Å². The summed E-state index contributed by atoms with van der Waals surface area (Å²) in [6.07, 6.45) is 0.296. The molecular weight excluding hydrogens is 385 g/mol. The van der Waals surface area contributed by atoms with Gasteiger partial charge in [-0.05, 0) is 41.8 Å². The van der Waals surface area contributed by atoms with Gasteiger partial charge in [-0.1, -0.05) is 12.1 Å². The highest BCUT2D eigenvalue weighted by molar-refractivity contribution is 5.90. The van der Waals surface area contributed by atoms with Crippen LogP contribution in [0.25, 0.3) is 0 Å². The number of halogens is 3. The van der Waals surface area contributed by atoms with Crippen molar-refractivity contribution in [3.05, 3.63) is 58.9 Å². The molecule has 2 aliphatic rings. The summed E-state index contributed by atoms with van der Waals surface area (Å²) in [6, 6.07) is 7.62. The lowest BCUT2D eigenvalue weighted by Gasteiger charge is -2.39. The zero-order chi connectivity index (χ0) is 20.6. The average Bonchev–Trinajstić information content (AvgIpc) is 3.09. The molecule has 1 aliphatic heterocycles. The molecule has 5 nitrogen and oxygen atoms in total. The second-order valence-electron chi connectivity index (χ2n) is 7.59. The Kier molecular flexibility index (Phi) is 5.12. The van der Waals surface area contributed by atoms with Crippen LogP contribution in [0.3, 0.4) is 0 Å². The Morgan fingerprint density at radius 2 is 2.00 bits per heavy atom. The standard InChI is InChI=1S/C21H21F3N2O3/c22-10-21(11-23)9-18(16-7-13(24)4-5-19(16)29-21)26-20(28)25-17-3-1-2-12-6-14(27)8-15(12)17/h1-5,7,14,18,27H,6,8-11H2,(H2,25,26,28)/t14-,18+/m0/s1. The molecule has 4 rings (SSSR count). The van der Waals surface area contributed by atoms with Crippen molar-refractivity contribution in [2.24, 2.45) is 0 Å². The van der Waals surface area contributed by atoms with E-state index in [0.717, 1.165) is 17.2 Å². The van der Waals surface area contributed by atoms with Gasteiger partial charge < -0.3 is 20.5 Å². The fourth-order valence-corrected chi connectivity index (χ4v) is 4.03. The van der Waals surface area contributed by atoms with E-state index in [1.165, 1.54) is 12.1 Å². The van der Waals surface area contributed by atoms with Crippen molar-refractivity contribution >= 4 is 11.7 Å². The molecule has 0 fully saturated rings. The van der Waals surface area contributed by atoms with Crippen LogP contribution in [0, 0.1) is 5.82 Å². The van der Waals surface area contributed by atoms with Crippen molar-refractivity contribution in [3.8, 4) is 5.75 Å². The topological polar surface area (TPSA) is 70.6 Å². The Balaban J connectivity index is 1.56. The predicted octanol–water partition coefficient (Wildman–Crippen LogP) is 3.61. The number of amides is 2. The number of rotatable bonds is 4. The summed E-state index contributed by atoms with van der Waals surface area (Å²) >= 11 is 0. The molecule has 1 aliphatic carbocycles. The second kappa shape index (κ2) is 7.59. The van der Waals surface area contributed by atoms with Gasteiger partial charge in [0.25, 0.3) is 0 Å².